The summed E-state index contributed by atoms with van der Waals surface area (Å²) in [6.45, 7) is 7.66. The van der Waals surface area contributed by atoms with Gasteiger partial charge in [-0.25, -0.2) is 0 Å². The summed E-state index contributed by atoms with van der Waals surface area (Å²) in [7, 11) is 0. The first kappa shape index (κ1) is 14.0. The van der Waals surface area contributed by atoms with Gasteiger partial charge in [0.25, 0.3) is 0 Å². The Morgan fingerprint density at radius 2 is 2.00 bits per heavy atom. The number of likely N-dealkylation sites (tertiary alicyclic amines) is 1. The lowest BCUT2D eigenvalue weighted by molar-refractivity contribution is -0.137. The minimum Gasteiger partial charge on any atom is -0.339 e. The van der Waals surface area contributed by atoms with Crippen molar-refractivity contribution in [1.29, 1.82) is 0 Å². The maximum absolute atomic E-state index is 12.1. The fraction of sp³-hybridized carbons (Fsp3) is 0.923. The topological polar surface area (TPSA) is 20.3 Å². The highest BCUT2D eigenvalue weighted by molar-refractivity contribution is 9.09. The minimum atomic E-state index is 0.354. The molecule has 1 heterocycles. The number of piperidine rings is 1. The lowest BCUT2D eigenvalue weighted by Gasteiger charge is -2.41. The van der Waals surface area contributed by atoms with E-state index in [1.54, 1.807) is 0 Å². The van der Waals surface area contributed by atoms with E-state index in [4.69, 9.17) is 0 Å². The molecule has 0 N–H and O–H groups in total. The van der Waals surface area contributed by atoms with Gasteiger partial charge in [0.05, 0.1) is 0 Å². The number of carbonyl (C=O) groups is 1. The fourth-order valence-electron chi connectivity index (χ4n) is 2.56. The van der Waals surface area contributed by atoms with Crippen LogP contribution >= 0.6 is 15.9 Å². The second-order valence-electron chi connectivity index (χ2n) is 5.25. The van der Waals surface area contributed by atoms with Crippen LogP contribution in [0.4, 0.5) is 0 Å². The van der Waals surface area contributed by atoms with Crippen LogP contribution in [0.3, 0.4) is 0 Å². The Kier molecular flexibility index (Phi) is 5.81. The van der Waals surface area contributed by atoms with E-state index in [9.17, 15) is 4.79 Å². The molecule has 3 atom stereocenters. The van der Waals surface area contributed by atoms with Crippen molar-refractivity contribution in [2.45, 2.75) is 52.5 Å². The van der Waals surface area contributed by atoms with Crippen LogP contribution in [-0.2, 0) is 4.79 Å². The molecule has 0 radical (unpaired) electrons. The summed E-state index contributed by atoms with van der Waals surface area (Å²) >= 11 is 3.40. The van der Waals surface area contributed by atoms with Crippen LogP contribution in [0.5, 0.6) is 0 Å². The molecular formula is C13H24BrNO. The van der Waals surface area contributed by atoms with Gasteiger partial charge in [0.15, 0.2) is 0 Å². The molecule has 0 spiro atoms. The van der Waals surface area contributed by atoms with E-state index >= 15 is 0 Å². The Labute approximate surface area is 108 Å². The Balaban J connectivity index is 2.46. The van der Waals surface area contributed by atoms with Crippen molar-refractivity contribution in [2.75, 3.05) is 11.9 Å². The van der Waals surface area contributed by atoms with Crippen molar-refractivity contribution in [3.8, 4) is 0 Å². The molecule has 3 unspecified atom stereocenters. The Morgan fingerprint density at radius 1 is 1.31 bits per heavy atom. The Morgan fingerprint density at radius 3 is 2.62 bits per heavy atom. The van der Waals surface area contributed by atoms with Crippen LogP contribution in [0, 0.1) is 11.8 Å². The predicted molar refractivity (Wildman–Crippen MR) is 71.8 cm³/mol. The summed E-state index contributed by atoms with van der Waals surface area (Å²) in [6.07, 6.45) is 4.08. The van der Waals surface area contributed by atoms with Gasteiger partial charge in [-0.1, -0.05) is 29.8 Å². The van der Waals surface area contributed by atoms with Crippen molar-refractivity contribution >= 4 is 21.8 Å². The third-order valence-corrected chi connectivity index (χ3v) is 4.25. The Bertz CT molecular complexity index is 232. The monoisotopic (exact) mass is 289 g/mol. The lowest BCUT2D eigenvalue weighted by Crippen LogP contribution is -2.48. The molecule has 1 fully saturated rings. The van der Waals surface area contributed by atoms with Gasteiger partial charge in [0.1, 0.15) is 0 Å². The summed E-state index contributed by atoms with van der Waals surface area (Å²) < 4.78 is 0. The zero-order valence-corrected chi connectivity index (χ0v) is 12.3. The van der Waals surface area contributed by atoms with E-state index in [1.165, 1.54) is 6.42 Å². The molecule has 1 amide bonds. The molecule has 0 saturated carbocycles. The smallest absolute Gasteiger partial charge is 0.222 e. The molecular weight excluding hydrogens is 266 g/mol. The van der Waals surface area contributed by atoms with Gasteiger partial charge in [0, 0.05) is 24.3 Å². The zero-order chi connectivity index (χ0) is 12.1. The molecule has 3 heteroatoms. The average molecular weight is 290 g/mol. The van der Waals surface area contributed by atoms with E-state index in [-0.39, 0.29) is 0 Å². The van der Waals surface area contributed by atoms with E-state index in [0.29, 0.717) is 23.8 Å². The van der Waals surface area contributed by atoms with E-state index in [0.717, 1.165) is 31.1 Å². The third-order valence-electron chi connectivity index (χ3n) is 3.69. The molecule has 1 saturated heterocycles. The number of carbonyl (C=O) groups excluding carboxylic acids is 1. The maximum Gasteiger partial charge on any atom is 0.222 e. The quantitative estimate of drug-likeness (QED) is 0.573. The van der Waals surface area contributed by atoms with Crippen molar-refractivity contribution < 1.29 is 4.79 Å². The van der Waals surface area contributed by atoms with Crippen molar-refractivity contribution in [2.24, 2.45) is 11.8 Å². The van der Waals surface area contributed by atoms with Gasteiger partial charge in [-0.05, 0) is 38.0 Å². The number of nitrogens with zero attached hydrogens (tertiary/aromatic N) is 1. The van der Waals surface area contributed by atoms with Gasteiger partial charge in [-0.2, -0.15) is 0 Å². The SMILES string of the molecule is CC1CC(C)C(C)N(C(=O)CCCCBr)C1. The molecule has 2 nitrogen and oxygen atoms in total. The number of halogens is 1. The molecule has 0 aromatic heterocycles. The summed E-state index contributed by atoms with van der Waals surface area (Å²) in [5, 5.41) is 1.00. The third kappa shape index (κ3) is 3.76. The Hall–Kier alpha value is -0.0500. The largest absolute Gasteiger partial charge is 0.339 e. The summed E-state index contributed by atoms with van der Waals surface area (Å²) in [5.41, 5.74) is 0. The molecule has 16 heavy (non-hydrogen) atoms. The van der Waals surface area contributed by atoms with Crippen molar-refractivity contribution in [1.82, 2.24) is 4.90 Å². The van der Waals surface area contributed by atoms with E-state index < -0.39 is 0 Å². The minimum absolute atomic E-state index is 0.354. The molecule has 1 aliphatic heterocycles. The number of alkyl halides is 1. The lowest BCUT2D eigenvalue weighted by atomic mass is 9.86. The van der Waals surface area contributed by atoms with Crippen molar-refractivity contribution in [3.05, 3.63) is 0 Å². The zero-order valence-electron chi connectivity index (χ0n) is 10.7. The van der Waals surface area contributed by atoms with Crippen molar-refractivity contribution in [3.63, 3.8) is 0 Å². The number of unbranched alkanes of at least 4 members (excludes halogenated alkanes) is 1. The van der Waals surface area contributed by atoms with Crippen LogP contribution in [0.1, 0.15) is 46.5 Å². The molecule has 1 aliphatic rings. The summed E-state index contributed by atoms with van der Waals surface area (Å²) in [5.74, 6) is 1.65. The second-order valence-corrected chi connectivity index (χ2v) is 6.04. The highest BCUT2D eigenvalue weighted by atomic mass is 79.9. The molecule has 1 rings (SSSR count). The fourth-order valence-corrected chi connectivity index (χ4v) is 2.96. The first-order valence-electron chi connectivity index (χ1n) is 6.41. The van der Waals surface area contributed by atoms with Crippen LogP contribution in [-0.4, -0.2) is 28.7 Å². The van der Waals surface area contributed by atoms with Crippen LogP contribution in [0.2, 0.25) is 0 Å². The van der Waals surface area contributed by atoms with Gasteiger partial charge < -0.3 is 4.90 Å². The van der Waals surface area contributed by atoms with Crippen LogP contribution in [0.15, 0.2) is 0 Å². The molecule has 0 aromatic rings. The predicted octanol–water partition coefficient (Wildman–Crippen LogP) is 3.44. The van der Waals surface area contributed by atoms with Crippen LogP contribution in [0.25, 0.3) is 0 Å². The summed E-state index contributed by atoms with van der Waals surface area (Å²) in [4.78, 5) is 14.2. The number of amides is 1. The highest BCUT2D eigenvalue weighted by Gasteiger charge is 2.31. The first-order valence-corrected chi connectivity index (χ1v) is 7.53. The normalized spacial score (nSPS) is 30.5. The molecule has 0 aromatic carbocycles. The van der Waals surface area contributed by atoms with Gasteiger partial charge in [0.2, 0.25) is 5.91 Å². The highest BCUT2D eigenvalue weighted by Crippen LogP contribution is 2.27. The van der Waals surface area contributed by atoms with E-state index in [2.05, 4.69) is 41.6 Å². The first-order chi connectivity index (χ1) is 7.56. The average Bonchev–Trinajstić information content (AvgIpc) is 2.23. The van der Waals surface area contributed by atoms with Gasteiger partial charge >= 0.3 is 0 Å². The van der Waals surface area contributed by atoms with Crippen LogP contribution < -0.4 is 0 Å². The number of rotatable bonds is 4. The summed E-state index contributed by atoms with van der Waals surface area (Å²) in [6, 6.07) is 0.424. The second kappa shape index (κ2) is 6.63. The maximum atomic E-state index is 12.1. The van der Waals surface area contributed by atoms with Gasteiger partial charge in [-0.3, -0.25) is 4.79 Å². The standard InChI is InChI=1S/C13H24BrNO/c1-10-8-11(2)12(3)15(9-10)13(16)6-4-5-7-14/h10-12H,4-9H2,1-3H3. The van der Waals surface area contributed by atoms with E-state index in [1.807, 2.05) is 0 Å². The molecule has 0 aliphatic carbocycles. The number of hydrogen-bond donors (Lipinski definition) is 0. The van der Waals surface area contributed by atoms with Gasteiger partial charge in [-0.15, -0.1) is 0 Å². The number of hydrogen-bond acceptors (Lipinski definition) is 1. The molecule has 0 bridgehead atoms. The molecule has 94 valence electrons.